The van der Waals surface area contributed by atoms with Crippen LogP contribution in [0.15, 0.2) is 54.6 Å². The first-order valence-corrected chi connectivity index (χ1v) is 8.64. The zero-order chi connectivity index (χ0) is 19.2. The summed E-state index contributed by atoms with van der Waals surface area (Å²) < 4.78 is 0. The van der Waals surface area contributed by atoms with Gasteiger partial charge in [0.05, 0.1) is 4.92 Å². The van der Waals surface area contributed by atoms with E-state index in [2.05, 4.69) is 22.3 Å². The van der Waals surface area contributed by atoms with Gasteiger partial charge in [0, 0.05) is 38.8 Å². The van der Waals surface area contributed by atoms with Crippen molar-refractivity contribution in [2.75, 3.05) is 31.5 Å². The maximum absolute atomic E-state index is 12.4. The van der Waals surface area contributed by atoms with Crippen LogP contribution in [-0.2, 0) is 16.1 Å². The number of carbonyl (C=O) groups is 2. The minimum atomic E-state index is -0.860. The number of nitro benzene ring substituents is 1. The average Bonchev–Trinajstić information content (AvgIpc) is 2.69. The molecular formula is C19H20N4O4. The first-order valence-electron chi connectivity index (χ1n) is 8.64. The third-order valence-corrected chi connectivity index (χ3v) is 4.45. The van der Waals surface area contributed by atoms with Crippen molar-refractivity contribution in [2.45, 2.75) is 6.54 Å². The minimum absolute atomic E-state index is 0.0172. The second kappa shape index (κ2) is 8.41. The van der Waals surface area contributed by atoms with Crippen LogP contribution in [0, 0.1) is 10.1 Å². The lowest BCUT2D eigenvalue weighted by atomic mass is 10.2. The molecule has 3 rings (SSSR count). The second-order valence-corrected chi connectivity index (χ2v) is 6.28. The van der Waals surface area contributed by atoms with Crippen LogP contribution in [0.3, 0.4) is 0 Å². The number of hydrogen-bond donors (Lipinski definition) is 1. The van der Waals surface area contributed by atoms with Gasteiger partial charge in [-0.15, -0.1) is 0 Å². The summed E-state index contributed by atoms with van der Waals surface area (Å²) in [6.07, 6.45) is 0. The maximum Gasteiger partial charge on any atom is 0.314 e. The van der Waals surface area contributed by atoms with Gasteiger partial charge >= 0.3 is 11.8 Å². The van der Waals surface area contributed by atoms with Crippen molar-refractivity contribution >= 4 is 23.2 Å². The van der Waals surface area contributed by atoms with E-state index in [1.54, 1.807) is 6.07 Å². The van der Waals surface area contributed by atoms with E-state index in [9.17, 15) is 19.7 Å². The highest BCUT2D eigenvalue weighted by atomic mass is 16.6. The molecule has 8 heteroatoms. The number of nitro groups is 1. The van der Waals surface area contributed by atoms with Crippen LogP contribution in [0.2, 0.25) is 0 Å². The van der Waals surface area contributed by atoms with E-state index < -0.39 is 16.7 Å². The van der Waals surface area contributed by atoms with Crippen molar-refractivity contribution in [3.05, 3.63) is 70.3 Å². The Kier molecular flexibility index (Phi) is 5.77. The molecule has 2 amide bonds. The summed E-state index contributed by atoms with van der Waals surface area (Å²) >= 11 is 0. The van der Waals surface area contributed by atoms with Crippen LogP contribution in [0.25, 0.3) is 0 Å². The van der Waals surface area contributed by atoms with Crippen LogP contribution >= 0.6 is 0 Å². The molecule has 27 heavy (non-hydrogen) atoms. The number of rotatable bonds is 4. The highest BCUT2D eigenvalue weighted by Crippen LogP contribution is 2.23. The summed E-state index contributed by atoms with van der Waals surface area (Å²) in [7, 11) is 0. The van der Waals surface area contributed by atoms with E-state index in [1.165, 1.54) is 28.7 Å². The Morgan fingerprint density at radius 1 is 0.963 bits per heavy atom. The van der Waals surface area contributed by atoms with E-state index in [0.29, 0.717) is 26.2 Å². The number of benzene rings is 2. The van der Waals surface area contributed by atoms with Crippen molar-refractivity contribution in [1.82, 2.24) is 9.80 Å². The van der Waals surface area contributed by atoms with Crippen LogP contribution in [0.1, 0.15) is 5.56 Å². The van der Waals surface area contributed by atoms with Crippen LogP contribution in [-0.4, -0.2) is 52.7 Å². The van der Waals surface area contributed by atoms with Gasteiger partial charge in [0.25, 0.3) is 5.69 Å². The molecule has 0 spiro atoms. The lowest BCUT2D eigenvalue weighted by Gasteiger charge is -2.34. The van der Waals surface area contributed by atoms with Gasteiger partial charge in [-0.2, -0.15) is 0 Å². The topological polar surface area (TPSA) is 95.8 Å². The Hall–Kier alpha value is -3.26. The summed E-state index contributed by atoms with van der Waals surface area (Å²) in [6.45, 7) is 3.01. The number of para-hydroxylation sites is 2. The molecule has 2 aromatic carbocycles. The number of hydrogen-bond acceptors (Lipinski definition) is 5. The van der Waals surface area contributed by atoms with Crippen LogP contribution < -0.4 is 5.32 Å². The number of nitrogens with one attached hydrogen (secondary N) is 1. The molecule has 0 unspecified atom stereocenters. The van der Waals surface area contributed by atoms with Gasteiger partial charge < -0.3 is 10.2 Å². The van der Waals surface area contributed by atoms with Gasteiger partial charge in [-0.25, -0.2) is 0 Å². The van der Waals surface area contributed by atoms with Gasteiger partial charge in [-0.05, 0) is 11.6 Å². The molecule has 8 nitrogen and oxygen atoms in total. The number of nitrogens with zero attached hydrogens (tertiary/aromatic N) is 3. The summed E-state index contributed by atoms with van der Waals surface area (Å²) in [5, 5.41) is 13.4. The average molecular weight is 368 g/mol. The Labute approximate surface area is 156 Å². The zero-order valence-electron chi connectivity index (χ0n) is 14.7. The molecule has 0 aliphatic carbocycles. The summed E-state index contributed by atoms with van der Waals surface area (Å²) in [6, 6.07) is 15.8. The van der Waals surface area contributed by atoms with Crippen molar-refractivity contribution in [3.63, 3.8) is 0 Å². The highest BCUT2D eigenvalue weighted by Gasteiger charge is 2.27. The van der Waals surface area contributed by atoms with Gasteiger partial charge in [0.1, 0.15) is 5.69 Å². The standard InChI is InChI=1S/C19H20N4O4/c24-18(20-16-8-4-5-9-17(16)23(26)27)19(25)22-12-10-21(11-13-22)14-15-6-2-1-3-7-15/h1-9H,10-14H2,(H,20,24). The fourth-order valence-electron chi connectivity index (χ4n) is 3.01. The van der Waals surface area contributed by atoms with Crippen molar-refractivity contribution in [1.29, 1.82) is 0 Å². The quantitative estimate of drug-likeness (QED) is 0.505. The number of piperazine rings is 1. The van der Waals surface area contributed by atoms with E-state index >= 15 is 0 Å². The first kappa shape index (κ1) is 18.5. The molecule has 1 N–H and O–H groups in total. The molecule has 140 valence electrons. The molecule has 1 aliphatic rings. The van der Waals surface area contributed by atoms with E-state index in [1.807, 2.05) is 18.2 Å². The SMILES string of the molecule is O=C(Nc1ccccc1[N+](=O)[O-])C(=O)N1CCN(Cc2ccccc2)CC1. The number of carbonyl (C=O) groups excluding carboxylic acids is 2. The van der Waals surface area contributed by atoms with Crippen molar-refractivity contribution in [3.8, 4) is 0 Å². The predicted octanol–water partition coefficient (Wildman–Crippen LogP) is 1.88. The van der Waals surface area contributed by atoms with Gasteiger partial charge in [0.15, 0.2) is 0 Å². The second-order valence-electron chi connectivity index (χ2n) is 6.28. The molecule has 1 fully saturated rings. The lowest BCUT2D eigenvalue weighted by molar-refractivity contribution is -0.383. The number of amides is 2. The molecular weight excluding hydrogens is 348 g/mol. The van der Waals surface area contributed by atoms with Crippen molar-refractivity contribution < 1.29 is 14.5 Å². The Bertz CT molecular complexity index is 833. The fraction of sp³-hybridized carbons (Fsp3) is 0.263. The van der Waals surface area contributed by atoms with Crippen LogP contribution in [0.4, 0.5) is 11.4 Å². The van der Waals surface area contributed by atoms with Crippen molar-refractivity contribution in [2.24, 2.45) is 0 Å². The molecule has 0 atom stereocenters. The molecule has 1 saturated heterocycles. The molecule has 0 saturated carbocycles. The van der Waals surface area contributed by atoms with E-state index in [0.717, 1.165) is 6.54 Å². The van der Waals surface area contributed by atoms with Crippen LogP contribution in [0.5, 0.6) is 0 Å². The normalized spacial score (nSPS) is 14.6. The monoisotopic (exact) mass is 368 g/mol. The first-order chi connectivity index (χ1) is 13.0. The molecule has 0 radical (unpaired) electrons. The van der Waals surface area contributed by atoms with Gasteiger partial charge in [0.2, 0.25) is 0 Å². The Morgan fingerprint density at radius 3 is 2.26 bits per heavy atom. The predicted molar refractivity (Wildman–Crippen MR) is 100 cm³/mol. The van der Waals surface area contributed by atoms with E-state index in [-0.39, 0.29) is 11.4 Å². The van der Waals surface area contributed by atoms with Gasteiger partial charge in [-0.3, -0.25) is 24.6 Å². The number of anilines is 1. The fourth-order valence-corrected chi connectivity index (χ4v) is 3.01. The maximum atomic E-state index is 12.4. The molecule has 0 bridgehead atoms. The van der Waals surface area contributed by atoms with E-state index in [4.69, 9.17) is 0 Å². The summed E-state index contributed by atoms with van der Waals surface area (Å²) in [4.78, 5) is 38.7. The smallest absolute Gasteiger partial charge is 0.314 e. The Balaban J connectivity index is 1.55. The molecule has 1 heterocycles. The lowest BCUT2D eigenvalue weighted by Crippen LogP contribution is -2.51. The zero-order valence-corrected chi connectivity index (χ0v) is 14.7. The summed E-state index contributed by atoms with van der Waals surface area (Å²) in [5.74, 6) is -1.53. The largest absolute Gasteiger partial charge is 0.332 e. The van der Waals surface area contributed by atoms with Gasteiger partial charge in [-0.1, -0.05) is 42.5 Å². The summed E-state index contributed by atoms with van der Waals surface area (Å²) in [5.41, 5.74) is 0.973. The molecule has 0 aromatic heterocycles. The third-order valence-electron chi connectivity index (χ3n) is 4.45. The third kappa shape index (κ3) is 4.68. The molecule has 2 aromatic rings. The minimum Gasteiger partial charge on any atom is -0.332 e. The molecule has 1 aliphatic heterocycles. The highest BCUT2D eigenvalue weighted by molar-refractivity contribution is 6.39. The Morgan fingerprint density at radius 2 is 1.59 bits per heavy atom.